The van der Waals surface area contributed by atoms with Gasteiger partial charge in [-0.2, -0.15) is 0 Å². The van der Waals surface area contributed by atoms with Gasteiger partial charge in [0.05, 0.1) is 0 Å². The largest absolute Gasteiger partial charge is 0.396 e. The van der Waals surface area contributed by atoms with E-state index in [1.807, 2.05) is 0 Å². The third-order valence-corrected chi connectivity index (χ3v) is 5.24. The molecule has 1 aromatic rings. The zero-order valence-electron chi connectivity index (χ0n) is 13.7. The van der Waals surface area contributed by atoms with Gasteiger partial charge < -0.3 is 10.0 Å². The number of benzene rings is 1. The Morgan fingerprint density at radius 3 is 2.45 bits per heavy atom. The number of aliphatic hydroxyl groups is 1. The highest BCUT2D eigenvalue weighted by Crippen LogP contribution is 2.25. The SMILES string of the molecule is OCCCC1CCCN1Cc1ccc(N2CCCCC2)cc1. The molecule has 3 nitrogen and oxygen atoms in total. The van der Waals surface area contributed by atoms with E-state index >= 15 is 0 Å². The van der Waals surface area contributed by atoms with Gasteiger partial charge in [-0.1, -0.05) is 12.1 Å². The molecule has 22 heavy (non-hydrogen) atoms. The fourth-order valence-corrected chi connectivity index (χ4v) is 3.96. The van der Waals surface area contributed by atoms with Crippen LogP contribution in [0.3, 0.4) is 0 Å². The second-order valence-electron chi connectivity index (χ2n) is 6.85. The Kier molecular flexibility index (Phi) is 5.74. The molecule has 0 amide bonds. The molecule has 122 valence electrons. The second kappa shape index (κ2) is 7.98. The fraction of sp³-hybridized carbons (Fsp3) is 0.684. The van der Waals surface area contributed by atoms with Gasteiger partial charge in [0.25, 0.3) is 0 Å². The highest BCUT2D eigenvalue weighted by molar-refractivity contribution is 5.47. The summed E-state index contributed by atoms with van der Waals surface area (Å²) in [7, 11) is 0. The molecule has 0 aromatic heterocycles. The first kappa shape index (κ1) is 15.8. The molecule has 2 fully saturated rings. The van der Waals surface area contributed by atoms with Crippen molar-refractivity contribution in [1.29, 1.82) is 0 Å². The summed E-state index contributed by atoms with van der Waals surface area (Å²) in [6.45, 7) is 5.04. The lowest BCUT2D eigenvalue weighted by Gasteiger charge is -2.29. The summed E-state index contributed by atoms with van der Waals surface area (Å²) in [4.78, 5) is 5.12. The van der Waals surface area contributed by atoms with Crippen LogP contribution in [-0.2, 0) is 6.54 Å². The molecule has 1 aromatic carbocycles. The van der Waals surface area contributed by atoms with Crippen LogP contribution in [0.25, 0.3) is 0 Å². The normalized spacial score (nSPS) is 23.1. The summed E-state index contributed by atoms with van der Waals surface area (Å²) < 4.78 is 0. The predicted octanol–water partition coefficient (Wildman–Crippen LogP) is 3.41. The van der Waals surface area contributed by atoms with Crippen molar-refractivity contribution in [2.45, 2.75) is 57.5 Å². The molecular weight excluding hydrogens is 272 g/mol. The molecule has 0 spiro atoms. The standard InChI is InChI=1S/C19H30N2O/c22-15-5-7-18-6-4-14-21(18)16-17-8-10-19(11-9-17)20-12-2-1-3-13-20/h8-11,18,22H,1-7,12-16H2. The monoisotopic (exact) mass is 302 g/mol. The molecule has 0 bridgehead atoms. The number of likely N-dealkylation sites (tertiary alicyclic amines) is 1. The first-order valence-electron chi connectivity index (χ1n) is 9.05. The molecule has 0 saturated carbocycles. The van der Waals surface area contributed by atoms with Crippen LogP contribution in [0.5, 0.6) is 0 Å². The molecule has 1 atom stereocenters. The lowest BCUT2D eigenvalue weighted by atomic mass is 10.1. The highest BCUT2D eigenvalue weighted by atomic mass is 16.2. The maximum Gasteiger partial charge on any atom is 0.0431 e. The number of anilines is 1. The number of piperidine rings is 1. The Bertz CT molecular complexity index is 439. The van der Waals surface area contributed by atoms with Gasteiger partial charge in [-0.3, -0.25) is 4.90 Å². The minimum atomic E-state index is 0.328. The van der Waals surface area contributed by atoms with Crippen molar-refractivity contribution in [3.8, 4) is 0 Å². The zero-order chi connectivity index (χ0) is 15.2. The molecular formula is C19H30N2O. The van der Waals surface area contributed by atoms with E-state index in [-0.39, 0.29) is 0 Å². The first-order chi connectivity index (χ1) is 10.9. The topological polar surface area (TPSA) is 26.7 Å². The van der Waals surface area contributed by atoms with E-state index in [1.54, 1.807) is 0 Å². The van der Waals surface area contributed by atoms with E-state index < -0.39 is 0 Å². The molecule has 2 aliphatic heterocycles. The summed E-state index contributed by atoms with van der Waals surface area (Å²) >= 11 is 0. The predicted molar refractivity (Wildman–Crippen MR) is 92.3 cm³/mol. The molecule has 3 heteroatoms. The number of hydrogen-bond acceptors (Lipinski definition) is 3. The van der Waals surface area contributed by atoms with E-state index in [0.29, 0.717) is 12.6 Å². The summed E-state index contributed by atoms with van der Waals surface area (Å²) in [5.74, 6) is 0. The van der Waals surface area contributed by atoms with Crippen molar-refractivity contribution in [1.82, 2.24) is 4.90 Å². The Hall–Kier alpha value is -1.06. The van der Waals surface area contributed by atoms with E-state index in [9.17, 15) is 0 Å². The summed E-state index contributed by atoms with van der Waals surface area (Å²) in [5.41, 5.74) is 2.82. The van der Waals surface area contributed by atoms with Crippen molar-refractivity contribution < 1.29 is 5.11 Å². The minimum Gasteiger partial charge on any atom is -0.396 e. The fourth-order valence-electron chi connectivity index (χ4n) is 3.96. The van der Waals surface area contributed by atoms with Crippen molar-refractivity contribution in [3.05, 3.63) is 29.8 Å². The molecule has 2 saturated heterocycles. The molecule has 2 heterocycles. The molecule has 3 rings (SSSR count). The van der Waals surface area contributed by atoms with Crippen LogP contribution >= 0.6 is 0 Å². The molecule has 0 aliphatic carbocycles. The summed E-state index contributed by atoms with van der Waals surface area (Å²) in [6.07, 6.45) is 8.74. The van der Waals surface area contributed by atoms with Gasteiger partial charge in [0, 0.05) is 38.0 Å². The maximum absolute atomic E-state index is 9.03. The van der Waals surface area contributed by atoms with E-state index in [2.05, 4.69) is 34.1 Å². The van der Waals surface area contributed by atoms with E-state index in [0.717, 1.165) is 19.4 Å². The Morgan fingerprint density at radius 2 is 1.73 bits per heavy atom. The van der Waals surface area contributed by atoms with Gasteiger partial charge in [-0.25, -0.2) is 0 Å². The summed E-state index contributed by atoms with van der Waals surface area (Å²) in [5, 5.41) is 9.03. The van der Waals surface area contributed by atoms with Crippen LogP contribution < -0.4 is 4.90 Å². The minimum absolute atomic E-state index is 0.328. The van der Waals surface area contributed by atoms with Crippen LogP contribution in [0.15, 0.2) is 24.3 Å². The highest BCUT2D eigenvalue weighted by Gasteiger charge is 2.23. The van der Waals surface area contributed by atoms with Gasteiger partial charge in [0.1, 0.15) is 0 Å². The van der Waals surface area contributed by atoms with Gasteiger partial charge in [0.15, 0.2) is 0 Å². The Morgan fingerprint density at radius 1 is 0.955 bits per heavy atom. The molecule has 0 radical (unpaired) electrons. The summed E-state index contributed by atoms with van der Waals surface area (Å²) in [6, 6.07) is 9.91. The van der Waals surface area contributed by atoms with Crippen molar-refractivity contribution in [2.75, 3.05) is 31.1 Å². The number of nitrogens with zero attached hydrogens (tertiary/aromatic N) is 2. The van der Waals surface area contributed by atoms with Crippen molar-refractivity contribution in [3.63, 3.8) is 0 Å². The van der Waals surface area contributed by atoms with Crippen LogP contribution in [-0.4, -0.2) is 42.3 Å². The third-order valence-electron chi connectivity index (χ3n) is 5.24. The molecule has 1 unspecified atom stereocenters. The first-order valence-corrected chi connectivity index (χ1v) is 9.05. The van der Waals surface area contributed by atoms with Crippen LogP contribution in [0.2, 0.25) is 0 Å². The van der Waals surface area contributed by atoms with Crippen molar-refractivity contribution in [2.24, 2.45) is 0 Å². The number of aliphatic hydroxyl groups excluding tert-OH is 1. The van der Waals surface area contributed by atoms with Gasteiger partial charge in [0.2, 0.25) is 0 Å². The lowest BCUT2D eigenvalue weighted by molar-refractivity contribution is 0.210. The lowest BCUT2D eigenvalue weighted by Crippen LogP contribution is -2.30. The van der Waals surface area contributed by atoms with Crippen molar-refractivity contribution >= 4 is 5.69 Å². The van der Waals surface area contributed by atoms with Gasteiger partial charge >= 0.3 is 0 Å². The second-order valence-corrected chi connectivity index (χ2v) is 6.85. The quantitative estimate of drug-likeness (QED) is 0.872. The van der Waals surface area contributed by atoms with Crippen LogP contribution in [0.4, 0.5) is 5.69 Å². The average Bonchev–Trinajstić information content (AvgIpc) is 3.01. The maximum atomic E-state index is 9.03. The number of rotatable bonds is 6. The van der Waals surface area contributed by atoms with Crippen LogP contribution in [0.1, 0.15) is 50.5 Å². The molecule has 1 N–H and O–H groups in total. The number of hydrogen-bond donors (Lipinski definition) is 1. The van der Waals surface area contributed by atoms with E-state index in [1.165, 1.54) is 63.0 Å². The average molecular weight is 302 g/mol. The zero-order valence-corrected chi connectivity index (χ0v) is 13.7. The van der Waals surface area contributed by atoms with E-state index in [4.69, 9.17) is 5.11 Å². The van der Waals surface area contributed by atoms with Gasteiger partial charge in [-0.05, 0) is 69.2 Å². The Balaban J connectivity index is 1.56. The van der Waals surface area contributed by atoms with Gasteiger partial charge in [-0.15, -0.1) is 0 Å². The van der Waals surface area contributed by atoms with Crippen LogP contribution in [0, 0.1) is 0 Å². The Labute approximate surface area is 134 Å². The smallest absolute Gasteiger partial charge is 0.0431 e. The third kappa shape index (κ3) is 4.02. The molecule has 2 aliphatic rings.